The number of pyridine rings is 1. The van der Waals surface area contributed by atoms with Crippen molar-refractivity contribution in [2.75, 3.05) is 45.9 Å². The zero-order valence-electron chi connectivity index (χ0n) is 38.6. The van der Waals surface area contributed by atoms with Crippen LogP contribution in [0.25, 0.3) is 33.1 Å². The second kappa shape index (κ2) is 18.0. The second-order valence-electron chi connectivity index (χ2n) is 20.8. The van der Waals surface area contributed by atoms with Gasteiger partial charge in [0.2, 0.25) is 11.8 Å². The van der Waals surface area contributed by atoms with Crippen LogP contribution in [-0.2, 0) is 20.7 Å². The summed E-state index contributed by atoms with van der Waals surface area (Å²) in [5, 5.41) is 6.14. The number of rotatable bonds is 11. The third-order valence-corrected chi connectivity index (χ3v) is 14.1. The number of benzene rings is 1. The summed E-state index contributed by atoms with van der Waals surface area (Å²) in [6.45, 7) is 14.9. The second-order valence-corrected chi connectivity index (χ2v) is 21.2. The predicted molar refractivity (Wildman–Crippen MR) is 242 cm³/mol. The molecule has 5 saturated heterocycles. The zero-order valence-corrected chi connectivity index (χ0v) is 39.4. The van der Waals surface area contributed by atoms with Crippen molar-refractivity contribution in [3.05, 3.63) is 34.9 Å². The minimum atomic E-state index is -0.936. The summed E-state index contributed by atoms with van der Waals surface area (Å²) in [7, 11) is 0. The van der Waals surface area contributed by atoms with Gasteiger partial charge in [0.15, 0.2) is 12.0 Å². The van der Waals surface area contributed by atoms with E-state index in [-0.39, 0.29) is 59.4 Å². The Bertz CT molecular complexity index is 2430. The third-order valence-electron chi connectivity index (χ3n) is 13.8. The first kappa shape index (κ1) is 45.7. The van der Waals surface area contributed by atoms with Crippen LogP contribution < -0.4 is 9.47 Å². The molecule has 65 heavy (non-hydrogen) atoms. The van der Waals surface area contributed by atoms with Crippen LogP contribution in [0.4, 0.5) is 13.6 Å². The summed E-state index contributed by atoms with van der Waals surface area (Å²) in [6.07, 6.45) is 10.2. The Balaban J connectivity index is 1.01. The molecule has 0 bridgehead atoms. The molecule has 1 aromatic carbocycles. The summed E-state index contributed by atoms with van der Waals surface area (Å²) < 4.78 is 58.5. The normalized spacial score (nSPS) is 25.1. The number of carbonyl (C=O) groups is 2. The maximum atomic E-state index is 17.6. The molecule has 1 unspecified atom stereocenters. The number of likely N-dealkylation sites (tertiary alicyclic amines) is 2. The maximum absolute atomic E-state index is 17.6. The van der Waals surface area contributed by atoms with E-state index in [0.717, 1.165) is 51.5 Å². The van der Waals surface area contributed by atoms with Crippen LogP contribution in [-0.4, -0.2) is 126 Å². The number of hydrogen-bond acceptors (Lipinski definition) is 11. The molecule has 4 aromatic rings. The van der Waals surface area contributed by atoms with Gasteiger partial charge in [0, 0.05) is 67.8 Å². The molecule has 5 fully saturated rings. The summed E-state index contributed by atoms with van der Waals surface area (Å²) >= 11 is 7.23. The quantitative estimate of drug-likeness (QED) is 0.133. The van der Waals surface area contributed by atoms with Gasteiger partial charge in [-0.1, -0.05) is 11.6 Å². The molecule has 5 aliphatic rings. The minimum Gasteiger partial charge on any atom is -0.471 e. The van der Waals surface area contributed by atoms with E-state index in [9.17, 15) is 14.0 Å². The Labute approximate surface area is 384 Å². The number of fused-ring (bicyclic) bond motifs is 4. The first-order valence-corrected chi connectivity index (χ1v) is 24.0. The van der Waals surface area contributed by atoms with Crippen LogP contribution >= 0.6 is 11.6 Å². The van der Waals surface area contributed by atoms with Crippen molar-refractivity contribution in [3.8, 4) is 23.1 Å². The van der Waals surface area contributed by atoms with Gasteiger partial charge in [-0.2, -0.15) is 15.1 Å². The topological polar surface area (TPSA) is 137 Å². The molecule has 3 aromatic heterocycles. The lowest BCUT2D eigenvalue weighted by atomic mass is 9.92. The average molecular weight is 922 g/mol. The fourth-order valence-electron chi connectivity index (χ4n) is 10.8. The van der Waals surface area contributed by atoms with Crippen LogP contribution in [0.1, 0.15) is 124 Å². The Morgan fingerprint density at radius 3 is 2.55 bits per heavy atom. The molecule has 0 saturated carbocycles. The van der Waals surface area contributed by atoms with Crippen LogP contribution in [0.3, 0.4) is 0 Å². The molecule has 0 spiro atoms. The van der Waals surface area contributed by atoms with Crippen LogP contribution in [0.15, 0.2) is 18.5 Å². The highest BCUT2D eigenvalue weighted by atomic mass is 35.5. The molecule has 0 radical (unpaired) electrons. The number of halogens is 3. The highest BCUT2D eigenvalue weighted by Crippen LogP contribution is 2.44. The number of ether oxygens (including phenoxy) is 4. The number of carbonyl (C=O) groups excluding carboxylic acids is 2. The van der Waals surface area contributed by atoms with E-state index < -0.39 is 28.7 Å². The molecule has 5 aliphatic heterocycles. The van der Waals surface area contributed by atoms with E-state index in [2.05, 4.69) is 14.9 Å². The van der Waals surface area contributed by atoms with E-state index in [1.54, 1.807) is 11.1 Å². The van der Waals surface area contributed by atoms with E-state index >= 15 is 4.39 Å². The Kier molecular flexibility index (Phi) is 12.7. The van der Waals surface area contributed by atoms with Crippen molar-refractivity contribution in [3.63, 3.8) is 0 Å². The number of amides is 2. The lowest BCUT2D eigenvalue weighted by Gasteiger charge is -2.39. The number of unbranched alkanes of at least 4 members (excludes halogenated alkanes) is 1. The first-order chi connectivity index (χ1) is 31.0. The number of nitrogens with zero attached hydrogens (tertiary/aromatic N) is 8. The molecule has 5 atom stereocenters. The highest BCUT2D eigenvalue weighted by Gasteiger charge is 2.49. The van der Waals surface area contributed by atoms with Gasteiger partial charge in [0.25, 0.3) is 0 Å². The first-order valence-electron chi connectivity index (χ1n) is 23.6. The van der Waals surface area contributed by atoms with Crippen molar-refractivity contribution >= 4 is 45.4 Å². The Morgan fingerprint density at radius 1 is 0.969 bits per heavy atom. The number of hydrogen-bond donors (Lipinski definition) is 0. The standard InChI is InChI=1S/C48H63ClF2N8O6/c1-46(2,3)64-43-33-24-52-42(40(51)41(33)54-44(55-43)63-28-48-17-11-18-57(48)26-30(50)23-48)39-31(34(49)22-35-32(39)25-53-59(35)38-14-9-10-21-62-38)12-7-8-13-37(60)58-20-16-29-15-19-56(27-36(29)58)45(61)65-47(4,5)6/h22,24-25,29-30,36,38H,7-21,23,26-28H2,1-6H3/t29-,30+,36-,38?,48-/m0/s1. The molecule has 352 valence electrons. The molecular weight excluding hydrogens is 858 g/mol. The van der Waals surface area contributed by atoms with E-state index in [1.165, 1.54) is 6.20 Å². The van der Waals surface area contributed by atoms with Crippen molar-refractivity contribution < 1.29 is 37.3 Å². The number of piperidine rings is 1. The largest absolute Gasteiger partial charge is 0.471 e. The van der Waals surface area contributed by atoms with Crippen LogP contribution in [0, 0.1) is 11.7 Å². The van der Waals surface area contributed by atoms with Gasteiger partial charge in [0.1, 0.15) is 35.2 Å². The lowest BCUT2D eigenvalue weighted by molar-refractivity contribution is -0.133. The van der Waals surface area contributed by atoms with Crippen molar-refractivity contribution in [1.82, 2.24) is 39.4 Å². The average Bonchev–Trinajstić information content (AvgIpc) is 4.03. The maximum Gasteiger partial charge on any atom is 0.410 e. The van der Waals surface area contributed by atoms with Crippen molar-refractivity contribution in [1.29, 1.82) is 0 Å². The van der Waals surface area contributed by atoms with Gasteiger partial charge in [-0.05, 0) is 130 Å². The monoisotopic (exact) mass is 920 g/mol. The highest BCUT2D eigenvalue weighted by molar-refractivity contribution is 6.33. The molecule has 8 heterocycles. The van der Waals surface area contributed by atoms with Crippen LogP contribution in [0.5, 0.6) is 11.9 Å². The number of aromatic nitrogens is 5. The molecule has 0 aliphatic carbocycles. The van der Waals surface area contributed by atoms with Gasteiger partial charge >= 0.3 is 12.1 Å². The zero-order chi connectivity index (χ0) is 45.8. The van der Waals surface area contributed by atoms with Crippen molar-refractivity contribution in [2.45, 2.75) is 154 Å². The van der Waals surface area contributed by atoms with Gasteiger partial charge < -0.3 is 28.7 Å². The predicted octanol–water partition coefficient (Wildman–Crippen LogP) is 9.24. The minimum absolute atomic E-state index is 0.0284. The number of alkyl halides is 1. The SMILES string of the molecule is CC(C)(C)OC(=O)N1CC[C@H]2CCN(C(=O)CCCCc3c(Cl)cc4c(cnn4C4CCCCO4)c3-c3ncc4c(OC(C)(C)C)nc(OC[C@@]56CCCN5C[C@H](F)C6)nc4c3F)[C@H]2C1. The molecule has 0 N–H and O–H groups in total. The summed E-state index contributed by atoms with van der Waals surface area (Å²) in [5.41, 5.74) is 0.124. The lowest BCUT2D eigenvalue weighted by Crippen LogP contribution is -2.52. The van der Waals surface area contributed by atoms with Crippen LogP contribution in [0.2, 0.25) is 5.02 Å². The molecule has 17 heteroatoms. The Morgan fingerprint density at radius 2 is 1.78 bits per heavy atom. The third kappa shape index (κ3) is 9.45. The Hall–Kier alpha value is -4.41. The van der Waals surface area contributed by atoms with Crippen molar-refractivity contribution in [2.24, 2.45) is 5.92 Å². The molecular formula is C48H63ClF2N8O6. The molecule has 14 nitrogen and oxygen atoms in total. The smallest absolute Gasteiger partial charge is 0.410 e. The summed E-state index contributed by atoms with van der Waals surface area (Å²) in [5.74, 6) is -0.153. The van der Waals surface area contributed by atoms with E-state index in [4.69, 9.17) is 40.6 Å². The molecule has 9 rings (SSSR count). The van der Waals surface area contributed by atoms with E-state index in [0.29, 0.717) is 97.9 Å². The molecule has 2 amide bonds. The van der Waals surface area contributed by atoms with Gasteiger partial charge in [-0.25, -0.2) is 18.3 Å². The summed E-state index contributed by atoms with van der Waals surface area (Å²) in [6, 6.07) is 1.77. The van der Waals surface area contributed by atoms with Gasteiger partial charge in [-0.15, -0.1) is 0 Å². The fourth-order valence-corrected chi connectivity index (χ4v) is 11.1. The van der Waals surface area contributed by atoms with Gasteiger partial charge in [0.05, 0.1) is 28.7 Å². The van der Waals surface area contributed by atoms with Gasteiger partial charge in [-0.3, -0.25) is 14.7 Å². The van der Waals surface area contributed by atoms with E-state index in [1.807, 2.05) is 57.2 Å². The summed E-state index contributed by atoms with van der Waals surface area (Å²) in [4.78, 5) is 46.7. The fraction of sp³-hybridized carbons (Fsp3) is 0.667.